The molecule has 1 N–H and O–H groups in total. The molecule has 4 aromatic rings. The highest BCUT2D eigenvalue weighted by molar-refractivity contribution is 7.22. The van der Waals surface area contributed by atoms with Crippen molar-refractivity contribution in [3.8, 4) is 11.5 Å². The van der Waals surface area contributed by atoms with Crippen LogP contribution in [0, 0.1) is 6.92 Å². The smallest absolute Gasteiger partial charge is 0.301 e. The Kier molecular flexibility index (Phi) is 6.35. The molecule has 0 spiro atoms. The lowest BCUT2D eigenvalue weighted by Gasteiger charge is -2.23. The molecule has 0 bridgehead atoms. The van der Waals surface area contributed by atoms with Crippen LogP contribution in [-0.2, 0) is 16.0 Å². The Hall–Kier alpha value is -4.17. The summed E-state index contributed by atoms with van der Waals surface area (Å²) >= 11 is 1.35. The van der Waals surface area contributed by atoms with E-state index in [1.54, 1.807) is 12.1 Å². The molecule has 2 atom stereocenters. The van der Waals surface area contributed by atoms with E-state index in [0.717, 1.165) is 33.5 Å². The maximum Gasteiger partial charge on any atom is 0.301 e. The molecular weight excluding hydrogens is 512 g/mol. The van der Waals surface area contributed by atoms with E-state index in [2.05, 4.69) is 0 Å². The van der Waals surface area contributed by atoms with Gasteiger partial charge in [-0.2, -0.15) is 0 Å². The Bertz CT molecular complexity index is 1640. The van der Waals surface area contributed by atoms with Gasteiger partial charge in [0.05, 0.1) is 28.4 Å². The lowest BCUT2D eigenvalue weighted by atomic mass is 9.94. The number of ether oxygens (including phenoxy) is 2. The summed E-state index contributed by atoms with van der Waals surface area (Å²) in [5.74, 6) is -0.221. The SMILES string of the molecule is CCCOc1ccc([C@@H]2/C(=C(\O)c3ccc4c(c3)C[C@H](C)O4)C(=O)C(=O)N2c2nc3ccc(C)cc3s2)cc1. The number of amides is 1. The van der Waals surface area contributed by atoms with Gasteiger partial charge in [0.2, 0.25) is 0 Å². The van der Waals surface area contributed by atoms with Gasteiger partial charge in [-0.1, -0.05) is 36.5 Å². The molecule has 2 aliphatic rings. The topological polar surface area (TPSA) is 89.0 Å². The van der Waals surface area contributed by atoms with Crippen molar-refractivity contribution in [2.75, 3.05) is 11.5 Å². The fourth-order valence-corrected chi connectivity index (χ4v) is 6.25. The van der Waals surface area contributed by atoms with E-state index in [1.165, 1.54) is 16.2 Å². The largest absolute Gasteiger partial charge is 0.507 e. The lowest BCUT2D eigenvalue weighted by Crippen LogP contribution is -2.29. The van der Waals surface area contributed by atoms with Gasteiger partial charge in [0, 0.05) is 12.0 Å². The molecule has 0 saturated carbocycles. The fraction of sp³-hybridized carbons (Fsp3) is 0.258. The number of ketones is 1. The molecular formula is C31H28N2O5S. The maximum absolute atomic E-state index is 13.6. The van der Waals surface area contributed by atoms with Gasteiger partial charge in [0.1, 0.15) is 23.4 Å². The molecule has 1 saturated heterocycles. The van der Waals surface area contributed by atoms with Crippen molar-refractivity contribution in [3.05, 3.63) is 88.5 Å². The van der Waals surface area contributed by atoms with Crippen molar-refractivity contribution >= 4 is 44.1 Å². The number of hydrogen-bond acceptors (Lipinski definition) is 7. The summed E-state index contributed by atoms with van der Waals surface area (Å²) in [5.41, 5.74) is 3.96. The molecule has 1 aromatic heterocycles. The first-order chi connectivity index (χ1) is 18.8. The number of fused-ring (bicyclic) bond motifs is 2. The molecule has 8 heteroatoms. The van der Waals surface area contributed by atoms with Crippen LogP contribution in [0.4, 0.5) is 5.13 Å². The zero-order valence-electron chi connectivity index (χ0n) is 21.9. The number of benzene rings is 3. The van der Waals surface area contributed by atoms with Gasteiger partial charge in [-0.25, -0.2) is 4.98 Å². The third-order valence-electron chi connectivity index (χ3n) is 7.02. The van der Waals surface area contributed by atoms with Crippen molar-refractivity contribution in [3.63, 3.8) is 0 Å². The highest BCUT2D eigenvalue weighted by Crippen LogP contribution is 2.45. The van der Waals surface area contributed by atoms with Gasteiger partial charge in [0.25, 0.3) is 5.78 Å². The monoisotopic (exact) mass is 540 g/mol. The van der Waals surface area contributed by atoms with Gasteiger partial charge >= 0.3 is 5.91 Å². The summed E-state index contributed by atoms with van der Waals surface area (Å²) in [6.45, 7) is 6.60. The molecule has 0 aliphatic carbocycles. The van der Waals surface area contributed by atoms with Crippen LogP contribution in [0.5, 0.6) is 11.5 Å². The van der Waals surface area contributed by atoms with Crippen molar-refractivity contribution in [2.45, 2.75) is 45.8 Å². The number of nitrogens with zero attached hydrogens (tertiary/aromatic N) is 2. The molecule has 0 radical (unpaired) electrons. The van der Waals surface area contributed by atoms with Crippen molar-refractivity contribution < 1.29 is 24.2 Å². The fourth-order valence-electron chi connectivity index (χ4n) is 5.16. The Morgan fingerprint density at radius 1 is 1.13 bits per heavy atom. The molecule has 0 unspecified atom stereocenters. The van der Waals surface area contributed by atoms with E-state index in [-0.39, 0.29) is 17.4 Å². The maximum atomic E-state index is 13.6. The summed E-state index contributed by atoms with van der Waals surface area (Å²) in [7, 11) is 0. The normalized spacial score (nSPS) is 19.9. The first-order valence-electron chi connectivity index (χ1n) is 13.0. The third-order valence-corrected chi connectivity index (χ3v) is 8.04. The summed E-state index contributed by atoms with van der Waals surface area (Å²) in [6.07, 6.45) is 1.63. The number of aliphatic hydroxyl groups is 1. The van der Waals surface area contributed by atoms with E-state index in [4.69, 9.17) is 14.5 Å². The number of carbonyl (C=O) groups excluding carboxylic acids is 2. The summed E-state index contributed by atoms with van der Waals surface area (Å²) in [4.78, 5) is 33.3. The Morgan fingerprint density at radius 2 is 1.92 bits per heavy atom. The second-order valence-electron chi connectivity index (χ2n) is 10.0. The van der Waals surface area contributed by atoms with Gasteiger partial charge in [0.15, 0.2) is 5.13 Å². The molecule has 1 fully saturated rings. The van der Waals surface area contributed by atoms with Gasteiger partial charge in [-0.3, -0.25) is 14.5 Å². The van der Waals surface area contributed by atoms with Crippen LogP contribution in [0.3, 0.4) is 0 Å². The molecule has 7 nitrogen and oxygen atoms in total. The van der Waals surface area contributed by atoms with Gasteiger partial charge in [-0.05, 0) is 79.4 Å². The van der Waals surface area contributed by atoms with E-state index in [9.17, 15) is 14.7 Å². The van der Waals surface area contributed by atoms with Crippen LogP contribution in [0.15, 0.2) is 66.2 Å². The highest BCUT2D eigenvalue weighted by atomic mass is 32.1. The predicted octanol–water partition coefficient (Wildman–Crippen LogP) is 6.34. The van der Waals surface area contributed by atoms with E-state index in [0.29, 0.717) is 35.0 Å². The van der Waals surface area contributed by atoms with E-state index in [1.807, 2.05) is 69.3 Å². The number of anilines is 1. The zero-order chi connectivity index (χ0) is 27.3. The number of aliphatic hydroxyl groups excluding tert-OH is 1. The lowest BCUT2D eigenvalue weighted by molar-refractivity contribution is -0.132. The van der Waals surface area contributed by atoms with Gasteiger partial charge < -0.3 is 14.6 Å². The van der Waals surface area contributed by atoms with Crippen LogP contribution in [0.2, 0.25) is 0 Å². The Morgan fingerprint density at radius 3 is 2.69 bits per heavy atom. The molecule has 39 heavy (non-hydrogen) atoms. The second kappa shape index (κ2) is 9.85. The van der Waals surface area contributed by atoms with Crippen LogP contribution in [0.25, 0.3) is 16.0 Å². The Labute approximate surface area is 230 Å². The molecule has 3 heterocycles. The minimum absolute atomic E-state index is 0.0320. The Balaban J connectivity index is 1.49. The average Bonchev–Trinajstić information content (AvgIpc) is 3.59. The predicted molar refractivity (Wildman–Crippen MR) is 152 cm³/mol. The molecule has 3 aromatic carbocycles. The van der Waals surface area contributed by atoms with Crippen molar-refractivity contribution in [1.82, 2.24) is 4.98 Å². The van der Waals surface area contributed by atoms with Crippen LogP contribution in [0.1, 0.15) is 48.6 Å². The summed E-state index contributed by atoms with van der Waals surface area (Å²) in [5, 5.41) is 12.0. The van der Waals surface area contributed by atoms with Crippen molar-refractivity contribution in [1.29, 1.82) is 0 Å². The molecule has 2 aliphatic heterocycles. The average molecular weight is 541 g/mol. The number of rotatable bonds is 6. The first kappa shape index (κ1) is 25.1. The quantitative estimate of drug-likeness (QED) is 0.174. The van der Waals surface area contributed by atoms with E-state index < -0.39 is 17.7 Å². The standard InChI is InChI=1S/C31H28N2O5S/c1-4-13-37-22-9-6-19(7-10-22)27-26(28(34)20-8-12-24-21(16-20)15-18(3)38-24)29(35)30(36)33(27)31-32-23-11-5-17(2)14-25(23)39-31/h5-12,14,16,18,27,34H,4,13,15H2,1-3H3/b28-26+/t18-,27+/m0/s1. The summed E-state index contributed by atoms with van der Waals surface area (Å²) < 4.78 is 12.5. The summed E-state index contributed by atoms with van der Waals surface area (Å²) in [6, 6.07) is 17.7. The molecule has 198 valence electrons. The number of hydrogen-bond donors (Lipinski definition) is 1. The second-order valence-corrected chi connectivity index (χ2v) is 11.0. The number of carbonyl (C=O) groups is 2. The van der Waals surface area contributed by atoms with E-state index >= 15 is 0 Å². The van der Waals surface area contributed by atoms with Crippen LogP contribution >= 0.6 is 11.3 Å². The number of aromatic nitrogens is 1. The zero-order valence-corrected chi connectivity index (χ0v) is 22.7. The number of aryl methyl sites for hydroxylation is 1. The van der Waals surface area contributed by atoms with Gasteiger partial charge in [-0.15, -0.1) is 0 Å². The number of thiazole rings is 1. The highest BCUT2D eigenvalue weighted by Gasteiger charge is 2.48. The van der Waals surface area contributed by atoms with Crippen LogP contribution < -0.4 is 14.4 Å². The molecule has 1 amide bonds. The molecule has 6 rings (SSSR count). The van der Waals surface area contributed by atoms with Crippen molar-refractivity contribution in [2.24, 2.45) is 0 Å². The number of Topliss-reactive ketones (excluding diaryl/α,β-unsaturated/α-hetero) is 1. The third kappa shape index (κ3) is 4.44. The first-order valence-corrected chi connectivity index (χ1v) is 13.9. The minimum Gasteiger partial charge on any atom is -0.507 e. The minimum atomic E-state index is -0.852. The van der Waals surface area contributed by atoms with Crippen LogP contribution in [-0.4, -0.2) is 34.5 Å².